The molecular formula is C38H48F2O2. The molecule has 2 aliphatic carbocycles. The van der Waals surface area contributed by atoms with Gasteiger partial charge in [-0.25, -0.2) is 0 Å². The zero-order valence-corrected chi connectivity index (χ0v) is 25.7. The van der Waals surface area contributed by atoms with Gasteiger partial charge in [0.15, 0.2) is 11.5 Å². The van der Waals surface area contributed by atoms with Gasteiger partial charge in [-0.1, -0.05) is 94.3 Å². The van der Waals surface area contributed by atoms with E-state index < -0.39 is 11.6 Å². The number of benzene rings is 3. The number of aryl methyl sites for hydroxylation is 1. The third-order valence-corrected chi connectivity index (χ3v) is 9.17. The van der Waals surface area contributed by atoms with E-state index >= 15 is 0 Å². The molecule has 4 unspecified atom stereocenters. The molecule has 0 N–H and O–H groups in total. The van der Waals surface area contributed by atoms with E-state index in [1.54, 1.807) is 6.92 Å². The molecule has 5 rings (SSSR count). The summed E-state index contributed by atoms with van der Waals surface area (Å²) in [6.45, 7) is 10.8. The van der Waals surface area contributed by atoms with Crippen LogP contribution in [0.15, 0.2) is 67.2 Å². The smallest absolute Gasteiger partial charge is 0.204 e. The van der Waals surface area contributed by atoms with Gasteiger partial charge in [0.2, 0.25) is 11.6 Å². The summed E-state index contributed by atoms with van der Waals surface area (Å²) < 4.78 is 38.8. The number of halogens is 2. The molecule has 0 amide bonds. The van der Waals surface area contributed by atoms with Crippen molar-refractivity contribution in [1.82, 2.24) is 0 Å². The topological polar surface area (TPSA) is 18.5 Å². The van der Waals surface area contributed by atoms with E-state index in [4.69, 9.17) is 9.47 Å². The Hall–Kier alpha value is -3.14. The highest BCUT2D eigenvalue weighted by molar-refractivity contribution is 5.65. The number of ether oxygens (including phenoxy) is 2. The molecule has 0 spiro atoms. The second-order valence-corrected chi connectivity index (χ2v) is 12.0. The predicted octanol–water partition coefficient (Wildman–Crippen LogP) is 10.9. The minimum Gasteiger partial charge on any atom is -0.491 e. The summed E-state index contributed by atoms with van der Waals surface area (Å²) in [7, 11) is 0. The molecule has 4 atom stereocenters. The van der Waals surface area contributed by atoms with Crippen molar-refractivity contribution in [2.24, 2.45) is 23.7 Å². The van der Waals surface area contributed by atoms with Gasteiger partial charge in [-0.15, -0.1) is 0 Å². The molecule has 2 aliphatic rings. The SMILES string of the molecule is C=Cc1ccc(-c2ccc(CCC)cc2)cc1.CCOc1ccc(OCC2CCC3CC(CC)CCC3C2)c(F)c1F. The molecule has 42 heavy (non-hydrogen) atoms. The molecule has 3 aromatic carbocycles. The summed E-state index contributed by atoms with van der Waals surface area (Å²) in [5.41, 5.74) is 5.12. The molecule has 3 aromatic rings. The number of fused-ring (bicyclic) bond motifs is 1. The van der Waals surface area contributed by atoms with Crippen LogP contribution in [0.1, 0.15) is 83.3 Å². The first-order valence-corrected chi connectivity index (χ1v) is 16.0. The molecule has 2 fully saturated rings. The van der Waals surface area contributed by atoms with Crippen molar-refractivity contribution >= 4 is 6.08 Å². The summed E-state index contributed by atoms with van der Waals surface area (Å²) in [5.74, 6) is 1.08. The second-order valence-electron chi connectivity index (χ2n) is 12.0. The third kappa shape index (κ3) is 8.46. The minimum absolute atomic E-state index is 0.00207. The first-order valence-electron chi connectivity index (χ1n) is 16.0. The van der Waals surface area contributed by atoms with Gasteiger partial charge in [0, 0.05) is 0 Å². The fraction of sp³-hybridized carbons (Fsp3) is 0.474. The molecule has 0 heterocycles. The van der Waals surface area contributed by atoms with Gasteiger partial charge in [-0.05, 0) is 104 Å². The second kappa shape index (κ2) is 15.9. The Kier molecular flexibility index (Phi) is 12.0. The van der Waals surface area contributed by atoms with Crippen LogP contribution in [0.5, 0.6) is 11.5 Å². The zero-order valence-electron chi connectivity index (χ0n) is 25.7. The average Bonchev–Trinajstić information content (AvgIpc) is 3.03. The van der Waals surface area contributed by atoms with Crippen LogP contribution in [0, 0.1) is 35.3 Å². The highest BCUT2D eigenvalue weighted by Crippen LogP contribution is 2.45. The maximum absolute atomic E-state index is 14.1. The predicted molar refractivity (Wildman–Crippen MR) is 171 cm³/mol. The van der Waals surface area contributed by atoms with Gasteiger partial charge in [-0.3, -0.25) is 0 Å². The first kappa shape index (κ1) is 31.8. The van der Waals surface area contributed by atoms with Crippen molar-refractivity contribution in [3.05, 3.63) is 90.0 Å². The van der Waals surface area contributed by atoms with Crippen LogP contribution in [0.2, 0.25) is 0 Å². The van der Waals surface area contributed by atoms with Crippen molar-refractivity contribution in [3.63, 3.8) is 0 Å². The Morgan fingerprint density at radius 3 is 1.81 bits per heavy atom. The van der Waals surface area contributed by atoms with E-state index in [-0.39, 0.29) is 11.5 Å². The lowest BCUT2D eigenvalue weighted by Crippen LogP contribution is -2.32. The normalized spacial score (nSPS) is 21.5. The van der Waals surface area contributed by atoms with Crippen molar-refractivity contribution < 1.29 is 18.3 Å². The summed E-state index contributed by atoms with van der Waals surface area (Å²) in [4.78, 5) is 0. The molecule has 0 aromatic heterocycles. The van der Waals surface area contributed by atoms with Gasteiger partial charge in [0.05, 0.1) is 13.2 Å². The minimum atomic E-state index is -0.957. The first-order chi connectivity index (χ1) is 20.4. The largest absolute Gasteiger partial charge is 0.491 e. The fourth-order valence-electron chi connectivity index (χ4n) is 6.67. The van der Waals surface area contributed by atoms with Gasteiger partial charge < -0.3 is 9.47 Å². The summed E-state index contributed by atoms with van der Waals surface area (Å²) in [6.07, 6.45) is 13.2. The molecule has 0 bridgehead atoms. The van der Waals surface area contributed by atoms with E-state index in [0.29, 0.717) is 19.1 Å². The van der Waals surface area contributed by atoms with Crippen LogP contribution in [-0.2, 0) is 6.42 Å². The Balaban J connectivity index is 0.000000208. The zero-order chi connectivity index (χ0) is 29.9. The number of hydrogen-bond acceptors (Lipinski definition) is 2. The van der Waals surface area contributed by atoms with E-state index in [2.05, 4.69) is 69.0 Å². The molecule has 0 radical (unpaired) electrons. The van der Waals surface area contributed by atoms with Crippen molar-refractivity contribution in [3.8, 4) is 22.6 Å². The van der Waals surface area contributed by atoms with E-state index in [1.807, 2.05) is 6.08 Å². The van der Waals surface area contributed by atoms with Crippen LogP contribution < -0.4 is 9.47 Å². The Morgan fingerprint density at radius 2 is 1.26 bits per heavy atom. The monoisotopic (exact) mass is 574 g/mol. The molecule has 0 saturated heterocycles. The molecular weight excluding hydrogens is 526 g/mol. The lowest BCUT2D eigenvalue weighted by atomic mass is 9.64. The van der Waals surface area contributed by atoms with Crippen LogP contribution in [0.3, 0.4) is 0 Å². The standard InChI is InChI=1S/C21H30F2O2.C17H18/c1-3-14-5-7-17-12-15(6-8-16(17)11-14)13-25-19-10-9-18(24-4-2)20(22)21(19)23;1-3-5-15-8-12-17(13-9-15)16-10-6-14(4-2)7-11-16/h9-10,14-17H,3-8,11-13H2,1-2H3;4,6-13H,2-3,5H2,1H3. The third-order valence-electron chi connectivity index (χ3n) is 9.17. The van der Waals surface area contributed by atoms with Crippen LogP contribution in [0.4, 0.5) is 8.78 Å². The Labute approximate surface area is 252 Å². The lowest BCUT2D eigenvalue weighted by Gasteiger charge is -2.42. The fourth-order valence-corrected chi connectivity index (χ4v) is 6.67. The van der Waals surface area contributed by atoms with Crippen molar-refractivity contribution in [2.75, 3.05) is 13.2 Å². The molecule has 2 saturated carbocycles. The highest BCUT2D eigenvalue weighted by atomic mass is 19.2. The van der Waals surface area contributed by atoms with Gasteiger partial charge in [-0.2, -0.15) is 8.78 Å². The van der Waals surface area contributed by atoms with Crippen LogP contribution >= 0.6 is 0 Å². The van der Waals surface area contributed by atoms with E-state index in [9.17, 15) is 8.78 Å². The quantitative estimate of drug-likeness (QED) is 0.240. The summed E-state index contributed by atoms with van der Waals surface area (Å²) in [5, 5.41) is 0. The maximum atomic E-state index is 14.1. The number of hydrogen-bond donors (Lipinski definition) is 0. The highest BCUT2D eigenvalue weighted by Gasteiger charge is 2.35. The van der Waals surface area contributed by atoms with Gasteiger partial charge in [0.25, 0.3) is 0 Å². The molecule has 226 valence electrons. The van der Waals surface area contributed by atoms with Gasteiger partial charge in [0.1, 0.15) is 0 Å². The Bertz CT molecular complexity index is 1250. The van der Waals surface area contributed by atoms with E-state index in [1.165, 1.54) is 73.8 Å². The van der Waals surface area contributed by atoms with Crippen molar-refractivity contribution in [2.45, 2.75) is 78.6 Å². The molecule has 0 aliphatic heterocycles. The Morgan fingerprint density at radius 1 is 0.714 bits per heavy atom. The van der Waals surface area contributed by atoms with E-state index in [0.717, 1.165) is 36.2 Å². The number of rotatable bonds is 10. The summed E-state index contributed by atoms with van der Waals surface area (Å²) in [6, 6.07) is 20.3. The summed E-state index contributed by atoms with van der Waals surface area (Å²) >= 11 is 0. The van der Waals surface area contributed by atoms with Crippen LogP contribution in [0.25, 0.3) is 17.2 Å². The maximum Gasteiger partial charge on any atom is 0.204 e. The van der Waals surface area contributed by atoms with Crippen molar-refractivity contribution in [1.29, 1.82) is 0 Å². The molecule has 2 nitrogen and oxygen atoms in total. The average molecular weight is 575 g/mol. The van der Waals surface area contributed by atoms with Gasteiger partial charge >= 0.3 is 0 Å². The lowest BCUT2D eigenvalue weighted by molar-refractivity contribution is 0.0752. The van der Waals surface area contributed by atoms with Crippen LogP contribution in [-0.4, -0.2) is 13.2 Å². The molecule has 4 heteroatoms.